The molecule has 0 saturated carbocycles. The van der Waals surface area contributed by atoms with Crippen LogP contribution in [0.25, 0.3) is 5.57 Å². The van der Waals surface area contributed by atoms with E-state index in [4.69, 9.17) is 9.85 Å². The molecular formula is C26H33N4O+. The summed E-state index contributed by atoms with van der Waals surface area (Å²) >= 11 is 0. The van der Waals surface area contributed by atoms with Crippen molar-refractivity contribution in [3.63, 3.8) is 0 Å². The lowest BCUT2D eigenvalue weighted by Gasteiger charge is -2.37. The first-order valence-electron chi connectivity index (χ1n) is 11.1. The Morgan fingerprint density at radius 2 is 1.97 bits per heavy atom. The van der Waals surface area contributed by atoms with Crippen LogP contribution in [0.5, 0.6) is 5.75 Å². The molecule has 0 unspecified atom stereocenters. The summed E-state index contributed by atoms with van der Waals surface area (Å²) in [6.07, 6.45) is 6.44. The van der Waals surface area contributed by atoms with E-state index < -0.39 is 0 Å². The monoisotopic (exact) mass is 417 g/mol. The number of methoxy groups -OCH3 is 1. The van der Waals surface area contributed by atoms with E-state index in [0.29, 0.717) is 0 Å². The quantitative estimate of drug-likeness (QED) is 0.368. The minimum atomic E-state index is 0.912. The van der Waals surface area contributed by atoms with E-state index in [1.807, 2.05) is 43.9 Å². The highest BCUT2D eigenvalue weighted by molar-refractivity contribution is 5.83. The van der Waals surface area contributed by atoms with Crippen LogP contribution in [0.2, 0.25) is 0 Å². The van der Waals surface area contributed by atoms with Gasteiger partial charge in [-0.3, -0.25) is 0 Å². The molecule has 0 aromatic heterocycles. The lowest BCUT2D eigenvalue weighted by Crippen LogP contribution is -2.34. The second-order valence-electron chi connectivity index (χ2n) is 8.23. The average Bonchev–Trinajstić information content (AvgIpc) is 2.80. The van der Waals surface area contributed by atoms with Crippen LogP contribution < -0.4 is 15.0 Å². The molecule has 2 aromatic carbocycles. The average molecular weight is 418 g/mol. The molecule has 1 N–H and O–H groups in total. The Kier molecular flexibility index (Phi) is 6.12. The van der Waals surface area contributed by atoms with Gasteiger partial charge >= 0.3 is 0 Å². The molecule has 2 heterocycles. The van der Waals surface area contributed by atoms with Crippen molar-refractivity contribution in [1.29, 1.82) is 0 Å². The standard InChI is InChI=1S/C26H32N4O/c1-6-20(21-12-7-8-14-23(21)27-3)18(2)28-29(4)24-17-19-11-9-15-30-16-10-13-22(25(19)30)26(24)31-5/h6-8,12,14,17H,1,9-11,13,15-16H2,2-5H3/p+1. The van der Waals surface area contributed by atoms with E-state index in [9.17, 15) is 0 Å². The molecule has 0 aliphatic carbocycles. The summed E-state index contributed by atoms with van der Waals surface area (Å²) in [5, 5.41) is 8.23. The highest BCUT2D eigenvalue weighted by atomic mass is 16.5. The number of ether oxygens (including phenoxy) is 1. The minimum absolute atomic E-state index is 0.912. The van der Waals surface area contributed by atoms with E-state index in [2.05, 4.69) is 35.0 Å². The number of nitrogens with zero attached hydrogens (tertiary/aromatic N) is 3. The van der Waals surface area contributed by atoms with Crippen molar-refractivity contribution in [1.82, 2.24) is 0 Å². The summed E-state index contributed by atoms with van der Waals surface area (Å²) in [5.74, 6) is 0.958. The maximum absolute atomic E-state index is 5.95. The van der Waals surface area contributed by atoms with E-state index in [0.717, 1.165) is 59.9 Å². The summed E-state index contributed by atoms with van der Waals surface area (Å²) in [7, 11) is 5.72. The fraction of sp³-hybridized carbons (Fsp3) is 0.385. The number of allylic oxidation sites excluding steroid dienone is 3. The second kappa shape index (κ2) is 8.96. The molecule has 2 aliphatic rings. The second-order valence-corrected chi connectivity index (χ2v) is 8.23. The Bertz CT molecular complexity index is 1070. The van der Waals surface area contributed by atoms with E-state index in [1.54, 1.807) is 7.11 Å². The van der Waals surface area contributed by atoms with Crippen molar-refractivity contribution < 1.29 is 9.43 Å². The molecule has 5 nitrogen and oxygen atoms in total. The van der Waals surface area contributed by atoms with Crippen LogP contribution in [-0.2, 0) is 12.8 Å². The lowest BCUT2D eigenvalue weighted by atomic mass is 9.90. The molecule has 0 amide bonds. The number of hydrogen-bond donors (Lipinski definition) is 1. The summed E-state index contributed by atoms with van der Waals surface area (Å²) < 4.78 is 7.91. The number of hydrogen-bond acceptors (Lipinski definition) is 4. The highest BCUT2D eigenvalue weighted by Gasteiger charge is 2.31. The van der Waals surface area contributed by atoms with E-state index in [1.165, 1.54) is 29.7 Å². The summed E-state index contributed by atoms with van der Waals surface area (Å²) in [4.78, 5) is 2.54. The van der Waals surface area contributed by atoms with Crippen LogP contribution in [0, 0.1) is 0 Å². The predicted molar refractivity (Wildman–Crippen MR) is 129 cm³/mol. The Morgan fingerprint density at radius 3 is 2.68 bits per heavy atom. The maximum Gasteiger partial charge on any atom is 0.273 e. The van der Waals surface area contributed by atoms with Gasteiger partial charge in [0.05, 0.1) is 7.11 Å². The van der Waals surface area contributed by atoms with Gasteiger partial charge in [0.15, 0.2) is 12.8 Å². The summed E-state index contributed by atoms with van der Waals surface area (Å²) in [6.45, 7) is 8.39. The van der Waals surface area contributed by atoms with Gasteiger partial charge in [-0.05, 0) is 49.4 Å². The largest absolute Gasteiger partial charge is 0.490 e. The van der Waals surface area contributed by atoms with Gasteiger partial charge in [-0.1, -0.05) is 35.6 Å². The topological polar surface area (TPSA) is 39.9 Å². The fourth-order valence-corrected chi connectivity index (χ4v) is 5.00. The van der Waals surface area contributed by atoms with Gasteiger partial charge in [0.2, 0.25) is 0 Å². The lowest BCUT2D eigenvalue weighted by molar-refractivity contribution is -0.479. The molecule has 5 heteroatoms. The van der Waals surface area contributed by atoms with Crippen molar-refractivity contribution in [2.75, 3.05) is 44.5 Å². The molecule has 2 aromatic rings. The summed E-state index contributed by atoms with van der Waals surface area (Å²) in [5.41, 5.74) is 9.29. The number of nitrogens with one attached hydrogen (secondary N) is 1. The molecule has 0 bridgehead atoms. The van der Waals surface area contributed by atoms with Crippen LogP contribution >= 0.6 is 0 Å². The van der Waals surface area contributed by atoms with Crippen LogP contribution in [0.4, 0.5) is 17.1 Å². The van der Waals surface area contributed by atoms with E-state index in [-0.39, 0.29) is 0 Å². The zero-order chi connectivity index (χ0) is 22.0. The van der Waals surface area contributed by atoms with E-state index >= 15 is 0 Å². The number of azo groups is 2. The Balaban J connectivity index is 1.83. The van der Waals surface area contributed by atoms with Gasteiger partial charge in [0.25, 0.3) is 5.69 Å². The van der Waals surface area contributed by atoms with Crippen molar-refractivity contribution in [2.45, 2.75) is 32.6 Å². The first-order valence-corrected chi connectivity index (χ1v) is 11.1. The van der Waals surface area contributed by atoms with Crippen LogP contribution in [0.1, 0.15) is 36.5 Å². The van der Waals surface area contributed by atoms with Gasteiger partial charge in [-0.2, -0.15) is 0 Å². The molecule has 4 rings (SSSR count). The van der Waals surface area contributed by atoms with Crippen molar-refractivity contribution in [3.8, 4) is 5.75 Å². The number of rotatable bonds is 6. The number of para-hydroxylation sites is 1. The maximum atomic E-state index is 5.95. The molecule has 0 fully saturated rings. The zero-order valence-corrected chi connectivity index (χ0v) is 19.2. The number of anilines is 2. The molecule has 162 valence electrons. The van der Waals surface area contributed by atoms with Crippen molar-refractivity contribution in [2.24, 2.45) is 5.11 Å². The molecule has 31 heavy (non-hydrogen) atoms. The van der Waals surface area contributed by atoms with Crippen LogP contribution in [0.15, 0.2) is 53.8 Å². The zero-order valence-electron chi connectivity index (χ0n) is 19.2. The Hall–Kier alpha value is -3.08. The normalized spacial score (nSPS) is 16.4. The van der Waals surface area contributed by atoms with Crippen LogP contribution in [-0.4, -0.2) is 39.0 Å². The smallest absolute Gasteiger partial charge is 0.273 e. The van der Waals surface area contributed by atoms with Gasteiger partial charge in [0.1, 0.15) is 5.70 Å². The number of aryl methyl sites for hydroxylation is 1. The van der Waals surface area contributed by atoms with Gasteiger partial charge in [-0.25, -0.2) is 0 Å². The van der Waals surface area contributed by atoms with Crippen molar-refractivity contribution >= 4 is 22.6 Å². The van der Waals surface area contributed by atoms with Gasteiger partial charge < -0.3 is 15.0 Å². The van der Waals surface area contributed by atoms with Crippen LogP contribution in [0.3, 0.4) is 0 Å². The fourth-order valence-electron chi connectivity index (χ4n) is 5.00. The molecule has 0 spiro atoms. The molecule has 0 saturated heterocycles. The third-order valence-electron chi connectivity index (χ3n) is 6.39. The minimum Gasteiger partial charge on any atom is -0.490 e. The summed E-state index contributed by atoms with van der Waals surface area (Å²) in [6, 6.07) is 10.5. The molecule has 0 atom stereocenters. The van der Waals surface area contributed by atoms with Gasteiger partial charge in [-0.15, -0.1) is 0 Å². The SMILES string of the molecule is C=C/C(=C(/C)N=[N+](C)c1cc2c3c(c1OC)CCCN3CCC2)c1ccccc1NC. The highest BCUT2D eigenvalue weighted by Crippen LogP contribution is 2.45. The van der Waals surface area contributed by atoms with Crippen molar-refractivity contribution in [3.05, 3.63) is 65.4 Å². The first kappa shape index (κ1) is 21.2. The molecule has 0 radical (unpaired) electrons. The number of benzene rings is 2. The predicted octanol–water partition coefficient (Wildman–Crippen LogP) is 5.78. The Labute approximate surface area is 185 Å². The third-order valence-corrected chi connectivity index (χ3v) is 6.39. The third kappa shape index (κ3) is 3.85. The molecular weight excluding hydrogens is 384 g/mol. The first-order chi connectivity index (χ1) is 15.1. The van der Waals surface area contributed by atoms with Gasteiger partial charge in [0, 0.05) is 54.3 Å². The molecule has 2 aliphatic heterocycles. The Morgan fingerprint density at radius 1 is 1.23 bits per heavy atom.